The summed E-state index contributed by atoms with van der Waals surface area (Å²) in [6, 6.07) is 13.0. The van der Waals surface area contributed by atoms with Crippen molar-refractivity contribution in [3.8, 4) is 23.0 Å². The Morgan fingerprint density at radius 2 is 1.76 bits per heavy atom. The number of carbonyl (C=O) groups excluding carboxylic acids is 1. The fourth-order valence-electron chi connectivity index (χ4n) is 5.56. The lowest BCUT2D eigenvalue weighted by Gasteiger charge is -2.41. The van der Waals surface area contributed by atoms with Crippen LogP contribution in [-0.4, -0.2) is 38.2 Å². The van der Waals surface area contributed by atoms with Crippen LogP contribution in [0.5, 0.6) is 0 Å². The van der Waals surface area contributed by atoms with Crippen LogP contribution < -0.4 is 10.2 Å². The molecule has 234 valence electrons. The van der Waals surface area contributed by atoms with Gasteiger partial charge < -0.3 is 10.2 Å². The minimum absolute atomic E-state index is 0.150. The van der Waals surface area contributed by atoms with E-state index in [0.717, 1.165) is 11.1 Å². The maximum Gasteiger partial charge on any atom is 0.310 e. The Hall–Kier alpha value is -4.90. The molecule has 14 heteroatoms. The van der Waals surface area contributed by atoms with E-state index >= 15 is 0 Å². The molecule has 2 aromatic carbocycles. The van der Waals surface area contributed by atoms with Crippen molar-refractivity contribution in [1.29, 1.82) is 5.26 Å². The molecule has 0 radical (unpaired) electrons. The number of rotatable bonds is 6. The van der Waals surface area contributed by atoms with Gasteiger partial charge in [-0.2, -0.15) is 10.4 Å². The number of imidazole rings is 1. The molecule has 0 spiro atoms. The van der Waals surface area contributed by atoms with Gasteiger partial charge in [-0.05, 0) is 74.2 Å². The molecule has 5 aromatic rings. The molecular weight excluding hydrogens is 613 g/mol. The number of hydrogen-bond acceptors (Lipinski definition) is 5. The Labute approximate surface area is 255 Å². The number of anilines is 2. The van der Waals surface area contributed by atoms with E-state index in [2.05, 4.69) is 21.5 Å². The zero-order chi connectivity index (χ0) is 32.2. The second-order valence-corrected chi connectivity index (χ2v) is 13.6. The van der Waals surface area contributed by atoms with E-state index in [-0.39, 0.29) is 30.8 Å². The summed E-state index contributed by atoms with van der Waals surface area (Å²) in [5.74, 6) is -1.24. The van der Waals surface area contributed by atoms with Crippen LogP contribution in [0.2, 0.25) is 0 Å². The molecule has 0 bridgehead atoms. The minimum Gasteiger partial charge on any atom is -0.371 e. The number of carbonyl (C=O) groups is 1. The number of aromatic nitrogens is 4. The van der Waals surface area contributed by atoms with Gasteiger partial charge in [0, 0.05) is 72.4 Å². The van der Waals surface area contributed by atoms with Crippen LogP contribution in [0, 0.1) is 31.1 Å². The number of benzene rings is 2. The molecule has 0 atom stereocenters. The zero-order valence-corrected chi connectivity index (χ0v) is 25.0. The molecule has 6 rings (SSSR count). The van der Waals surface area contributed by atoms with Gasteiger partial charge in [-0.1, -0.05) is 25.5 Å². The molecule has 4 heterocycles. The van der Waals surface area contributed by atoms with Crippen molar-refractivity contribution in [2.75, 3.05) is 23.3 Å². The number of piperidine rings is 1. The topological polar surface area (TPSA) is 91.2 Å². The fourth-order valence-corrected chi connectivity index (χ4v) is 6.25. The second kappa shape index (κ2) is 10.1. The van der Waals surface area contributed by atoms with E-state index in [9.17, 15) is 29.5 Å². The van der Waals surface area contributed by atoms with E-state index in [4.69, 9.17) is 0 Å². The number of halogens is 5. The smallest absolute Gasteiger partial charge is 0.310 e. The summed E-state index contributed by atoms with van der Waals surface area (Å²) in [6.07, 6.45) is 7.66. The Balaban J connectivity index is 1.36. The largest absolute Gasteiger partial charge is 0.371 e. The van der Waals surface area contributed by atoms with E-state index < -0.39 is 26.6 Å². The molecule has 1 saturated heterocycles. The SMILES string of the molecule is Cc1cc(C)c(-n2ccn3nc(-c4cccnc4)cc23)cc1NC(=O)c1cc(N2CCC(C#N)CC2)cc(S(F)(F)(F)(F)F)c1. The highest BCUT2D eigenvalue weighted by atomic mass is 32.5. The average Bonchev–Trinajstić information content (AvgIpc) is 3.59. The van der Waals surface area contributed by atoms with E-state index in [0.29, 0.717) is 47.2 Å². The summed E-state index contributed by atoms with van der Waals surface area (Å²) < 4.78 is 73.7. The van der Waals surface area contributed by atoms with Crippen molar-refractivity contribution < 1.29 is 24.2 Å². The van der Waals surface area contributed by atoms with Gasteiger partial charge >= 0.3 is 10.2 Å². The molecule has 1 N–H and O–H groups in total. The van der Waals surface area contributed by atoms with Crippen molar-refractivity contribution in [3.05, 3.63) is 90.0 Å². The Morgan fingerprint density at radius 3 is 2.42 bits per heavy atom. The molecular formula is C31H28F5N7OS. The number of hydrogen-bond donors (Lipinski definition) is 1. The first-order chi connectivity index (χ1) is 21.1. The maximum atomic E-state index is 14.0. The number of pyridine rings is 1. The molecule has 1 amide bonds. The van der Waals surface area contributed by atoms with Crippen LogP contribution >= 0.6 is 10.2 Å². The molecule has 8 nitrogen and oxygen atoms in total. The van der Waals surface area contributed by atoms with Crippen LogP contribution in [0.1, 0.15) is 34.3 Å². The van der Waals surface area contributed by atoms with Crippen LogP contribution in [-0.2, 0) is 0 Å². The standard InChI is InChI=1S/C31H28F5N7OS/c1-20-12-21(2)29(42-10-11-43-30(42)17-28(40-43)23-4-3-7-38-19-23)16-27(20)39-31(44)24-13-25(41-8-5-22(18-37)6-9-41)15-26(14-24)45(32,33,34,35)36/h3-4,7,10-17,19,22H,5-6,8-9H2,1-2H3,(H,39,44). The van der Waals surface area contributed by atoms with Gasteiger partial charge in [-0.15, -0.1) is 0 Å². The second-order valence-electron chi connectivity index (χ2n) is 11.2. The Kier molecular flexibility index (Phi) is 6.74. The number of amides is 1. The van der Waals surface area contributed by atoms with Gasteiger partial charge in [0.1, 0.15) is 10.5 Å². The molecule has 1 aliphatic rings. The lowest BCUT2D eigenvalue weighted by Crippen LogP contribution is -2.33. The van der Waals surface area contributed by atoms with Crippen LogP contribution in [0.25, 0.3) is 22.6 Å². The Morgan fingerprint density at radius 1 is 1.00 bits per heavy atom. The van der Waals surface area contributed by atoms with Gasteiger partial charge in [0.25, 0.3) is 5.91 Å². The number of fused-ring (bicyclic) bond motifs is 1. The minimum atomic E-state index is -10.1. The van der Waals surface area contributed by atoms with Crippen LogP contribution in [0.15, 0.2) is 78.2 Å². The lowest BCUT2D eigenvalue weighted by molar-refractivity contribution is 0.102. The van der Waals surface area contributed by atoms with Crippen LogP contribution in [0.3, 0.4) is 0 Å². The first-order valence-corrected chi connectivity index (χ1v) is 16.0. The fraction of sp³-hybridized carbons (Fsp3) is 0.226. The van der Waals surface area contributed by atoms with Gasteiger partial charge in [0.2, 0.25) is 0 Å². The Bertz CT molecular complexity index is 1990. The highest BCUT2D eigenvalue weighted by Gasteiger charge is 2.65. The van der Waals surface area contributed by atoms with E-state index in [1.807, 2.05) is 29.7 Å². The number of nitrogens with zero attached hydrogens (tertiary/aromatic N) is 6. The molecule has 0 aliphatic carbocycles. The molecule has 0 saturated carbocycles. The third-order valence-electron chi connectivity index (χ3n) is 7.97. The predicted molar refractivity (Wildman–Crippen MR) is 164 cm³/mol. The van der Waals surface area contributed by atoms with Crippen molar-refractivity contribution >= 4 is 33.2 Å². The van der Waals surface area contributed by atoms with Gasteiger partial charge in [0.15, 0.2) is 0 Å². The monoisotopic (exact) mass is 641 g/mol. The predicted octanol–water partition coefficient (Wildman–Crippen LogP) is 8.45. The highest BCUT2D eigenvalue weighted by molar-refractivity contribution is 8.45. The highest BCUT2D eigenvalue weighted by Crippen LogP contribution is 3.02. The molecule has 0 unspecified atom stereocenters. The van der Waals surface area contributed by atoms with Crippen molar-refractivity contribution in [2.24, 2.45) is 5.92 Å². The third kappa shape index (κ3) is 6.08. The lowest BCUT2D eigenvalue weighted by atomic mass is 9.98. The summed E-state index contributed by atoms with van der Waals surface area (Å²) in [7, 11) is -10.1. The normalized spacial score (nSPS) is 15.8. The summed E-state index contributed by atoms with van der Waals surface area (Å²) in [5.41, 5.74) is 3.97. The van der Waals surface area contributed by atoms with Crippen LogP contribution in [0.4, 0.5) is 30.8 Å². The van der Waals surface area contributed by atoms with Gasteiger partial charge in [-0.3, -0.25) is 14.3 Å². The quantitative estimate of drug-likeness (QED) is 0.188. The molecule has 3 aromatic heterocycles. The van der Waals surface area contributed by atoms with Gasteiger partial charge in [-0.25, -0.2) is 4.52 Å². The molecule has 45 heavy (non-hydrogen) atoms. The third-order valence-corrected chi connectivity index (χ3v) is 9.10. The first-order valence-electron chi connectivity index (χ1n) is 14.0. The number of nitrogens with one attached hydrogen (secondary N) is 1. The molecule has 1 fully saturated rings. The maximum absolute atomic E-state index is 14.0. The number of nitriles is 1. The average molecular weight is 642 g/mol. The van der Waals surface area contributed by atoms with E-state index in [1.165, 1.54) is 11.0 Å². The van der Waals surface area contributed by atoms with Crippen molar-refractivity contribution in [3.63, 3.8) is 0 Å². The zero-order valence-electron chi connectivity index (χ0n) is 24.2. The first kappa shape index (κ1) is 30.1. The van der Waals surface area contributed by atoms with Crippen molar-refractivity contribution in [1.82, 2.24) is 19.2 Å². The molecule has 1 aliphatic heterocycles. The summed E-state index contributed by atoms with van der Waals surface area (Å²) >= 11 is 0. The van der Waals surface area contributed by atoms with Crippen molar-refractivity contribution in [2.45, 2.75) is 31.6 Å². The van der Waals surface area contributed by atoms with E-state index in [1.54, 1.807) is 48.4 Å². The summed E-state index contributed by atoms with van der Waals surface area (Å²) in [4.78, 5) is 16.9. The van der Waals surface area contributed by atoms with Gasteiger partial charge in [0.05, 0.1) is 17.5 Å². The summed E-state index contributed by atoms with van der Waals surface area (Å²) in [5, 5.41) is 16.4. The number of aryl methyl sites for hydroxylation is 2. The summed E-state index contributed by atoms with van der Waals surface area (Å²) in [6.45, 7) is 4.01.